The number of para-hydroxylation sites is 1. The number of anilines is 1. The maximum absolute atomic E-state index is 8.57. The topological polar surface area (TPSA) is 72.8 Å². The number of nitrogens with zero attached hydrogens (tertiary/aromatic N) is 2. The van der Waals surface area contributed by atoms with Crippen molar-refractivity contribution in [1.29, 1.82) is 10.5 Å². The third-order valence-electron chi connectivity index (χ3n) is 2.09. The van der Waals surface area contributed by atoms with Gasteiger partial charge in [-0.15, -0.1) is 0 Å². The fraction of sp³-hybridized carbons (Fsp3) is 0. The van der Waals surface area contributed by atoms with Crippen LogP contribution in [0, 0.1) is 22.7 Å². The number of allylic oxidation sites excluding steroid dienone is 1. The van der Waals surface area contributed by atoms with Crippen LogP contribution in [0.3, 0.4) is 0 Å². The molecule has 0 radical (unpaired) electrons. The fourth-order valence-corrected chi connectivity index (χ4v) is 1.35. The molecule has 4 heteroatoms. The van der Waals surface area contributed by atoms with Crippen LogP contribution in [0.1, 0.15) is 0 Å². The van der Waals surface area contributed by atoms with Gasteiger partial charge in [-0.05, 0) is 12.1 Å². The van der Waals surface area contributed by atoms with E-state index in [1.165, 1.54) is 6.20 Å². The van der Waals surface area contributed by atoms with Gasteiger partial charge in [0.25, 0.3) is 0 Å². The van der Waals surface area contributed by atoms with Crippen molar-refractivity contribution in [1.82, 2.24) is 0 Å². The molecule has 76 valence electrons. The molecule has 0 unspecified atom stereocenters. The summed E-state index contributed by atoms with van der Waals surface area (Å²) < 4.78 is 5.29. The van der Waals surface area contributed by atoms with E-state index in [1.54, 1.807) is 18.4 Å². The molecule has 0 aliphatic heterocycles. The van der Waals surface area contributed by atoms with E-state index in [2.05, 4.69) is 5.32 Å². The van der Waals surface area contributed by atoms with Gasteiger partial charge in [0.2, 0.25) is 0 Å². The second kappa shape index (κ2) is 4.20. The average molecular weight is 209 g/mol. The van der Waals surface area contributed by atoms with Gasteiger partial charge in [-0.3, -0.25) is 0 Å². The molecule has 4 nitrogen and oxygen atoms in total. The Morgan fingerprint density at radius 1 is 1.25 bits per heavy atom. The zero-order chi connectivity index (χ0) is 11.4. The molecule has 1 heterocycles. The number of hydrogen-bond acceptors (Lipinski definition) is 4. The fourth-order valence-electron chi connectivity index (χ4n) is 1.35. The lowest BCUT2D eigenvalue weighted by Gasteiger charge is -2.00. The van der Waals surface area contributed by atoms with E-state index in [0.717, 1.165) is 11.1 Å². The molecule has 0 spiro atoms. The number of rotatable bonds is 2. The SMILES string of the molecule is N#CC(C#N)=CNc1cccc2ccoc12. The Balaban J connectivity index is 2.36. The van der Waals surface area contributed by atoms with Crippen LogP contribution >= 0.6 is 0 Å². The van der Waals surface area contributed by atoms with E-state index < -0.39 is 0 Å². The molecule has 0 bridgehead atoms. The van der Waals surface area contributed by atoms with Gasteiger partial charge in [-0.1, -0.05) is 12.1 Å². The van der Waals surface area contributed by atoms with Crippen LogP contribution in [0.15, 0.2) is 46.7 Å². The van der Waals surface area contributed by atoms with Crippen LogP contribution in [0.4, 0.5) is 5.69 Å². The Labute approximate surface area is 92.0 Å². The number of furan rings is 1. The van der Waals surface area contributed by atoms with E-state index in [1.807, 2.05) is 24.3 Å². The first-order valence-electron chi connectivity index (χ1n) is 4.58. The minimum Gasteiger partial charge on any atom is -0.462 e. The Hall–Kier alpha value is -2.72. The van der Waals surface area contributed by atoms with Crippen LogP contribution in [-0.2, 0) is 0 Å². The molecular formula is C12H7N3O. The molecule has 1 aromatic carbocycles. The third kappa shape index (κ3) is 1.73. The van der Waals surface area contributed by atoms with Crippen molar-refractivity contribution in [2.24, 2.45) is 0 Å². The minimum absolute atomic E-state index is 0.0172. The second-order valence-corrected chi connectivity index (χ2v) is 3.07. The first-order valence-corrected chi connectivity index (χ1v) is 4.58. The summed E-state index contributed by atoms with van der Waals surface area (Å²) in [4.78, 5) is 0. The third-order valence-corrected chi connectivity index (χ3v) is 2.09. The highest BCUT2D eigenvalue weighted by Crippen LogP contribution is 2.24. The lowest BCUT2D eigenvalue weighted by atomic mass is 10.2. The van der Waals surface area contributed by atoms with E-state index in [-0.39, 0.29) is 5.57 Å². The summed E-state index contributed by atoms with van der Waals surface area (Å²) in [5.74, 6) is 0. The molecule has 0 saturated carbocycles. The molecule has 1 N–H and O–H groups in total. The first kappa shape index (κ1) is 9.82. The summed E-state index contributed by atoms with van der Waals surface area (Å²) >= 11 is 0. The molecule has 2 aromatic rings. The van der Waals surface area contributed by atoms with Crippen molar-refractivity contribution in [3.05, 3.63) is 42.3 Å². The van der Waals surface area contributed by atoms with E-state index in [4.69, 9.17) is 14.9 Å². The monoisotopic (exact) mass is 209 g/mol. The Morgan fingerprint density at radius 3 is 2.81 bits per heavy atom. The molecule has 16 heavy (non-hydrogen) atoms. The smallest absolute Gasteiger partial charge is 0.157 e. The normalized spacial score (nSPS) is 9.12. The lowest BCUT2D eigenvalue weighted by Crippen LogP contribution is -1.89. The highest BCUT2D eigenvalue weighted by molar-refractivity contribution is 5.89. The van der Waals surface area contributed by atoms with Crippen molar-refractivity contribution < 1.29 is 4.42 Å². The predicted molar refractivity (Wildman–Crippen MR) is 59.1 cm³/mol. The van der Waals surface area contributed by atoms with Crippen LogP contribution < -0.4 is 5.32 Å². The van der Waals surface area contributed by atoms with Gasteiger partial charge in [-0.25, -0.2) is 0 Å². The quantitative estimate of drug-likeness (QED) is 0.772. The van der Waals surface area contributed by atoms with Gasteiger partial charge in [0.15, 0.2) is 5.58 Å². The Morgan fingerprint density at radius 2 is 2.06 bits per heavy atom. The molecule has 0 amide bonds. The largest absolute Gasteiger partial charge is 0.462 e. The number of fused-ring (bicyclic) bond motifs is 1. The Bertz CT molecular complexity index is 609. The number of hydrogen-bond donors (Lipinski definition) is 1. The molecule has 2 rings (SSSR count). The maximum Gasteiger partial charge on any atom is 0.157 e. The standard InChI is InChI=1S/C12H7N3O/c13-6-9(7-14)8-15-11-3-1-2-10-4-5-16-12(10)11/h1-5,8,15H. The number of nitrogens with one attached hydrogen (secondary N) is 1. The van der Waals surface area contributed by atoms with E-state index in [0.29, 0.717) is 5.58 Å². The molecule has 0 fully saturated rings. The predicted octanol–water partition coefficient (Wildman–Crippen LogP) is 2.78. The summed E-state index contributed by atoms with van der Waals surface area (Å²) in [5, 5.41) is 21.0. The Kier molecular flexibility index (Phi) is 2.58. The van der Waals surface area contributed by atoms with Crippen LogP contribution in [0.2, 0.25) is 0 Å². The zero-order valence-electron chi connectivity index (χ0n) is 8.27. The maximum atomic E-state index is 8.57. The van der Waals surface area contributed by atoms with Crippen LogP contribution in [0.25, 0.3) is 11.0 Å². The highest BCUT2D eigenvalue weighted by atomic mass is 16.3. The summed E-state index contributed by atoms with van der Waals surface area (Å²) in [6.07, 6.45) is 2.95. The summed E-state index contributed by atoms with van der Waals surface area (Å²) in [6.45, 7) is 0. The van der Waals surface area contributed by atoms with Crippen molar-refractivity contribution in [2.75, 3.05) is 5.32 Å². The van der Waals surface area contributed by atoms with E-state index in [9.17, 15) is 0 Å². The van der Waals surface area contributed by atoms with Crippen molar-refractivity contribution in [2.45, 2.75) is 0 Å². The molecule has 1 aromatic heterocycles. The molecule has 0 saturated heterocycles. The average Bonchev–Trinajstić information content (AvgIpc) is 2.79. The van der Waals surface area contributed by atoms with Crippen LogP contribution in [-0.4, -0.2) is 0 Å². The van der Waals surface area contributed by atoms with Crippen molar-refractivity contribution >= 4 is 16.7 Å². The van der Waals surface area contributed by atoms with Crippen molar-refractivity contribution in [3.8, 4) is 12.1 Å². The van der Waals surface area contributed by atoms with Gasteiger partial charge in [0, 0.05) is 11.6 Å². The van der Waals surface area contributed by atoms with Crippen molar-refractivity contribution in [3.63, 3.8) is 0 Å². The number of benzene rings is 1. The lowest BCUT2D eigenvalue weighted by molar-refractivity contribution is 0.617. The first-order chi connectivity index (χ1) is 7.85. The summed E-state index contributed by atoms with van der Waals surface area (Å²) in [6, 6.07) is 11.0. The molecule has 0 aliphatic rings. The molecular weight excluding hydrogens is 202 g/mol. The summed E-state index contributed by atoms with van der Waals surface area (Å²) in [5.41, 5.74) is 1.45. The summed E-state index contributed by atoms with van der Waals surface area (Å²) in [7, 11) is 0. The van der Waals surface area contributed by atoms with Gasteiger partial charge in [0.05, 0.1) is 12.0 Å². The van der Waals surface area contributed by atoms with Crippen LogP contribution in [0.5, 0.6) is 0 Å². The minimum atomic E-state index is 0.0172. The van der Waals surface area contributed by atoms with Gasteiger partial charge >= 0.3 is 0 Å². The van der Waals surface area contributed by atoms with Gasteiger partial charge in [-0.2, -0.15) is 10.5 Å². The van der Waals surface area contributed by atoms with Gasteiger partial charge in [0.1, 0.15) is 17.7 Å². The van der Waals surface area contributed by atoms with Gasteiger partial charge < -0.3 is 9.73 Å². The second-order valence-electron chi connectivity index (χ2n) is 3.07. The van der Waals surface area contributed by atoms with E-state index >= 15 is 0 Å². The number of nitriles is 2. The highest BCUT2D eigenvalue weighted by Gasteiger charge is 2.02. The molecule has 0 atom stereocenters. The molecule has 0 aliphatic carbocycles. The zero-order valence-corrected chi connectivity index (χ0v) is 8.27.